The van der Waals surface area contributed by atoms with Gasteiger partial charge in [0.25, 0.3) is 0 Å². The van der Waals surface area contributed by atoms with E-state index >= 15 is 0 Å². The Kier molecular flexibility index (Phi) is 7.30. The SMILES string of the molecule is C=CCc1ccc2c(n1)C(C)(O)CC(N1C=CC(Nc3ccc(N4CCN(C(=O)C(F)(F)F)CC4)cc3)N1)C2. The summed E-state index contributed by atoms with van der Waals surface area (Å²) in [5.74, 6) is -1.77. The van der Waals surface area contributed by atoms with E-state index in [1.54, 1.807) is 6.08 Å². The molecule has 2 aliphatic heterocycles. The van der Waals surface area contributed by atoms with E-state index < -0.39 is 17.7 Å². The third kappa shape index (κ3) is 5.89. The Bertz CT molecular complexity index is 1240. The van der Waals surface area contributed by atoms with Crippen LogP contribution in [-0.2, 0) is 23.2 Å². The minimum atomic E-state index is -4.83. The van der Waals surface area contributed by atoms with Crippen LogP contribution in [0.15, 0.2) is 61.3 Å². The third-order valence-corrected chi connectivity index (χ3v) is 7.47. The highest BCUT2D eigenvalue weighted by Crippen LogP contribution is 2.36. The van der Waals surface area contributed by atoms with Crippen molar-refractivity contribution in [3.05, 3.63) is 78.3 Å². The van der Waals surface area contributed by atoms with Gasteiger partial charge in [-0.3, -0.25) is 9.78 Å². The Morgan fingerprint density at radius 3 is 2.59 bits per heavy atom. The molecule has 1 aromatic carbocycles. The van der Waals surface area contributed by atoms with Gasteiger partial charge in [0.2, 0.25) is 0 Å². The zero-order chi connectivity index (χ0) is 27.8. The molecule has 1 aliphatic carbocycles. The summed E-state index contributed by atoms with van der Waals surface area (Å²) in [6.45, 7) is 6.34. The summed E-state index contributed by atoms with van der Waals surface area (Å²) in [7, 11) is 0. The molecule has 2 aromatic rings. The Labute approximate surface area is 225 Å². The summed E-state index contributed by atoms with van der Waals surface area (Å²) < 4.78 is 38.1. The molecular weight excluding hydrogens is 509 g/mol. The summed E-state index contributed by atoms with van der Waals surface area (Å²) >= 11 is 0. The minimum absolute atomic E-state index is 0.0372. The molecule has 3 aliphatic rings. The molecule has 1 fully saturated rings. The zero-order valence-electron chi connectivity index (χ0n) is 21.8. The molecule has 11 heteroatoms. The average molecular weight is 543 g/mol. The number of piperazine rings is 1. The van der Waals surface area contributed by atoms with Gasteiger partial charge in [0.05, 0.1) is 11.7 Å². The minimum Gasteiger partial charge on any atom is -0.384 e. The van der Waals surface area contributed by atoms with Crippen LogP contribution in [0.1, 0.15) is 30.3 Å². The lowest BCUT2D eigenvalue weighted by Crippen LogP contribution is -2.52. The highest BCUT2D eigenvalue weighted by Gasteiger charge is 2.43. The second kappa shape index (κ2) is 10.5. The number of anilines is 2. The standard InChI is InChI=1S/C28H33F3N6O2/c1-3-4-20-6-5-19-17-23(18-27(2,39)25(19)33-20)37-12-11-24(34-37)32-21-7-9-22(10-8-21)35-13-15-36(16-14-35)26(38)28(29,30)31/h3,5-12,23-24,32,34,39H,1,4,13-18H2,2H3. The van der Waals surface area contributed by atoms with Crippen LogP contribution < -0.4 is 15.6 Å². The van der Waals surface area contributed by atoms with E-state index in [0.29, 0.717) is 25.9 Å². The van der Waals surface area contributed by atoms with Crippen molar-refractivity contribution in [2.75, 3.05) is 36.4 Å². The first-order valence-corrected chi connectivity index (χ1v) is 13.1. The van der Waals surface area contributed by atoms with Gasteiger partial charge in [0.1, 0.15) is 11.8 Å². The van der Waals surface area contributed by atoms with Gasteiger partial charge < -0.3 is 25.2 Å². The number of aromatic nitrogens is 1. The number of allylic oxidation sites excluding steroid dienone is 1. The smallest absolute Gasteiger partial charge is 0.384 e. The third-order valence-electron chi connectivity index (χ3n) is 7.47. The first kappa shape index (κ1) is 27.0. The highest BCUT2D eigenvalue weighted by atomic mass is 19.4. The molecule has 5 rings (SSSR count). The molecule has 3 N–H and O–H groups in total. The lowest BCUT2D eigenvalue weighted by Gasteiger charge is -2.40. The maximum absolute atomic E-state index is 12.7. The lowest BCUT2D eigenvalue weighted by molar-refractivity contribution is -0.185. The number of aliphatic hydroxyl groups is 1. The van der Waals surface area contributed by atoms with Crippen LogP contribution in [0.4, 0.5) is 24.5 Å². The van der Waals surface area contributed by atoms with E-state index in [1.165, 1.54) is 0 Å². The number of nitrogens with zero attached hydrogens (tertiary/aromatic N) is 4. The normalized spacial score (nSPS) is 25.0. The number of carbonyl (C=O) groups is 1. The van der Waals surface area contributed by atoms with Crippen LogP contribution in [-0.4, -0.2) is 70.5 Å². The van der Waals surface area contributed by atoms with Gasteiger partial charge >= 0.3 is 12.1 Å². The fourth-order valence-corrected chi connectivity index (χ4v) is 5.53. The summed E-state index contributed by atoms with van der Waals surface area (Å²) in [5, 5.41) is 16.7. The quantitative estimate of drug-likeness (QED) is 0.483. The van der Waals surface area contributed by atoms with Crippen LogP contribution in [0.3, 0.4) is 0 Å². The Morgan fingerprint density at radius 1 is 1.21 bits per heavy atom. The Balaban J connectivity index is 1.15. The van der Waals surface area contributed by atoms with Crippen LogP contribution in [0.25, 0.3) is 0 Å². The molecule has 208 valence electrons. The summed E-state index contributed by atoms with van der Waals surface area (Å²) in [4.78, 5) is 19.0. The number of pyridine rings is 1. The second-order valence-electron chi connectivity index (χ2n) is 10.5. The molecule has 1 aromatic heterocycles. The van der Waals surface area contributed by atoms with Crippen molar-refractivity contribution in [2.24, 2.45) is 0 Å². The maximum atomic E-state index is 12.7. The van der Waals surface area contributed by atoms with Gasteiger partial charge in [-0.05, 0) is 55.3 Å². The number of fused-ring (bicyclic) bond motifs is 1. The van der Waals surface area contributed by atoms with E-state index in [0.717, 1.165) is 39.6 Å². The van der Waals surface area contributed by atoms with Crippen molar-refractivity contribution in [3.63, 3.8) is 0 Å². The average Bonchev–Trinajstić information content (AvgIpc) is 3.37. The van der Waals surface area contributed by atoms with Crippen molar-refractivity contribution in [1.29, 1.82) is 0 Å². The highest BCUT2D eigenvalue weighted by molar-refractivity contribution is 5.82. The predicted molar refractivity (Wildman–Crippen MR) is 143 cm³/mol. The van der Waals surface area contributed by atoms with Crippen LogP contribution in [0, 0.1) is 0 Å². The number of hydrogen-bond donors (Lipinski definition) is 3. The monoisotopic (exact) mass is 542 g/mol. The number of benzene rings is 1. The molecule has 0 spiro atoms. The number of rotatable bonds is 6. The molecular formula is C28H33F3N6O2. The molecule has 3 unspecified atom stereocenters. The lowest BCUT2D eigenvalue weighted by atomic mass is 9.80. The summed E-state index contributed by atoms with van der Waals surface area (Å²) in [5.41, 5.74) is 6.85. The van der Waals surface area contributed by atoms with Crippen molar-refractivity contribution in [3.8, 4) is 0 Å². The first-order chi connectivity index (χ1) is 18.5. The van der Waals surface area contributed by atoms with Crippen LogP contribution >= 0.6 is 0 Å². The van der Waals surface area contributed by atoms with E-state index in [9.17, 15) is 23.1 Å². The molecule has 0 bridgehead atoms. The Morgan fingerprint density at radius 2 is 1.92 bits per heavy atom. The van der Waals surface area contributed by atoms with Gasteiger partial charge in [-0.25, -0.2) is 5.43 Å². The number of carbonyl (C=O) groups excluding carboxylic acids is 1. The van der Waals surface area contributed by atoms with Gasteiger partial charge in [0.15, 0.2) is 0 Å². The fourth-order valence-electron chi connectivity index (χ4n) is 5.53. The van der Waals surface area contributed by atoms with Crippen molar-refractivity contribution in [2.45, 2.75) is 50.2 Å². The van der Waals surface area contributed by atoms with E-state index in [1.807, 2.05) is 65.5 Å². The topological polar surface area (TPSA) is 84.0 Å². The molecule has 3 atom stereocenters. The fraction of sp³-hybridized carbons (Fsp3) is 0.429. The van der Waals surface area contributed by atoms with Crippen LogP contribution in [0.5, 0.6) is 0 Å². The number of hydrogen-bond acceptors (Lipinski definition) is 7. The summed E-state index contributed by atoms with van der Waals surface area (Å²) in [6, 6.07) is 11.8. The first-order valence-electron chi connectivity index (χ1n) is 13.1. The maximum Gasteiger partial charge on any atom is 0.471 e. The predicted octanol–water partition coefficient (Wildman–Crippen LogP) is 3.32. The number of nitrogens with one attached hydrogen (secondary N) is 2. The van der Waals surface area contributed by atoms with Crippen molar-refractivity contribution in [1.82, 2.24) is 20.3 Å². The van der Waals surface area contributed by atoms with Gasteiger partial charge in [-0.1, -0.05) is 12.1 Å². The molecule has 39 heavy (non-hydrogen) atoms. The van der Waals surface area contributed by atoms with Gasteiger partial charge in [-0.2, -0.15) is 13.2 Å². The van der Waals surface area contributed by atoms with E-state index in [2.05, 4.69) is 17.3 Å². The number of alkyl halides is 3. The van der Waals surface area contributed by atoms with Crippen molar-refractivity contribution >= 4 is 17.3 Å². The molecule has 3 heterocycles. The number of halogens is 3. The molecule has 0 radical (unpaired) electrons. The molecule has 1 saturated heterocycles. The van der Waals surface area contributed by atoms with Crippen molar-refractivity contribution < 1.29 is 23.1 Å². The molecule has 8 nitrogen and oxygen atoms in total. The molecule has 0 saturated carbocycles. The van der Waals surface area contributed by atoms with E-state index in [4.69, 9.17) is 4.98 Å². The summed E-state index contributed by atoms with van der Waals surface area (Å²) in [6.07, 6.45) is 2.78. The van der Waals surface area contributed by atoms with E-state index in [-0.39, 0.29) is 25.3 Å². The van der Waals surface area contributed by atoms with Gasteiger partial charge in [-0.15, -0.1) is 6.58 Å². The number of amides is 1. The van der Waals surface area contributed by atoms with Gasteiger partial charge in [0, 0.05) is 62.3 Å². The Hall–Kier alpha value is -3.57. The zero-order valence-corrected chi connectivity index (χ0v) is 21.8. The largest absolute Gasteiger partial charge is 0.471 e. The second-order valence-corrected chi connectivity index (χ2v) is 10.5. The molecule has 1 amide bonds. The number of hydrazine groups is 1. The van der Waals surface area contributed by atoms with Crippen LogP contribution in [0.2, 0.25) is 0 Å².